The molecule has 2 aliphatic rings. The van der Waals surface area contributed by atoms with E-state index in [0.717, 1.165) is 36.4 Å². The summed E-state index contributed by atoms with van der Waals surface area (Å²) in [7, 11) is 0. The molecule has 1 aliphatic heterocycles. The molecule has 2 heterocycles. The minimum Gasteiger partial charge on any atom is -0.450 e. The minimum absolute atomic E-state index is 0.111. The Bertz CT molecular complexity index is 598. The van der Waals surface area contributed by atoms with E-state index in [2.05, 4.69) is 20.5 Å². The second-order valence-corrected chi connectivity index (χ2v) is 7.33. The standard InChI is InChI=1S/C16H24N4O3S/c1-2-23-16(22)19-15-18-12-7-8-20(9-13(12)24-15)10-14(21)17-11-5-3-4-6-11/h11H,2-10H2,1H3,(H,17,21)(H,18,19,22). The van der Waals surface area contributed by atoms with Gasteiger partial charge in [-0.1, -0.05) is 24.2 Å². The number of amides is 2. The lowest BCUT2D eigenvalue weighted by Crippen LogP contribution is -2.42. The maximum atomic E-state index is 12.2. The maximum absolute atomic E-state index is 12.2. The predicted octanol–water partition coefficient (Wildman–Crippen LogP) is 2.13. The van der Waals surface area contributed by atoms with E-state index in [-0.39, 0.29) is 5.91 Å². The van der Waals surface area contributed by atoms with Crippen LogP contribution in [-0.2, 0) is 22.5 Å². The van der Waals surface area contributed by atoms with Crippen LogP contribution in [-0.4, -0.2) is 47.6 Å². The number of carbonyl (C=O) groups excluding carboxylic acids is 2. The molecule has 8 heteroatoms. The third-order valence-electron chi connectivity index (χ3n) is 4.38. The number of nitrogens with zero attached hydrogens (tertiary/aromatic N) is 2. The zero-order valence-corrected chi connectivity index (χ0v) is 14.8. The van der Waals surface area contributed by atoms with Crippen LogP contribution in [0, 0.1) is 0 Å². The molecule has 24 heavy (non-hydrogen) atoms. The molecule has 1 fully saturated rings. The largest absolute Gasteiger partial charge is 0.450 e. The first-order valence-corrected chi connectivity index (χ1v) is 9.39. The number of thiazole rings is 1. The van der Waals surface area contributed by atoms with E-state index in [4.69, 9.17) is 4.74 Å². The summed E-state index contributed by atoms with van der Waals surface area (Å²) in [5, 5.41) is 6.35. The van der Waals surface area contributed by atoms with Crippen LogP contribution in [0.3, 0.4) is 0 Å². The van der Waals surface area contributed by atoms with Crippen LogP contribution in [0.25, 0.3) is 0 Å². The minimum atomic E-state index is -0.476. The van der Waals surface area contributed by atoms with Crippen LogP contribution >= 0.6 is 11.3 Å². The fraction of sp³-hybridized carbons (Fsp3) is 0.688. The van der Waals surface area contributed by atoms with Crippen LogP contribution in [0.2, 0.25) is 0 Å². The highest BCUT2D eigenvalue weighted by atomic mass is 32.1. The Balaban J connectivity index is 1.51. The first-order valence-electron chi connectivity index (χ1n) is 8.58. The molecule has 1 aromatic rings. The highest BCUT2D eigenvalue weighted by molar-refractivity contribution is 7.15. The van der Waals surface area contributed by atoms with E-state index in [1.54, 1.807) is 6.92 Å². The molecule has 1 aliphatic carbocycles. The molecule has 132 valence electrons. The van der Waals surface area contributed by atoms with Gasteiger partial charge in [0.1, 0.15) is 0 Å². The van der Waals surface area contributed by atoms with Gasteiger partial charge in [0.25, 0.3) is 0 Å². The van der Waals surface area contributed by atoms with Gasteiger partial charge in [0, 0.05) is 30.4 Å². The van der Waals surface area contributed by atoms with E-state index in [1.165, 1.54) is 24.2 Å². The Morgan fingerprint density at radius 3 is 2.92 bits per heavy atom. The van der Waals surface area contributed by atoms with E-state index >= 15 is 0 Å². The SMILES string of the molecule is CCOC(=O)Nc1nc2c(s1)CN(CC(=O)NC1CCCC1)CC2. The number of hydrogen-bond acceptors (Lipinski definition) is 6. The highest BCUT2D eigenvalue weighted by Gasteiger charge is 2.24. The summed E-state index contributed by atoms with van der Waals surface area (Å²) in [6, 6.07) is 0.363. The summed E-state index contributed by atoms with van der Waals surface area (Å²) in [5.74, 6) is 0.111. The average molecular weight is 352 g/mol. The van der Waals surface area contributed by atoms with Crippen molar-refractivity contribution < 1.29 is 14.3 Å². The van der Waals surface area contributed by atoms with Crippen molar-refractivity contribution in [2.24, 2.45) is 0 Å². The van der Waals surface area contributed by atoms with Gasteiger partial charge in [-0.15, -0.1) is 0 Å². The summed E-state index contributed by atoms with van der Waals surface area (Å²) in [6.45, 7) is 4.04. The van der Waals surface area contributed by atoms with Gasteiger partial charge in [-0.3, -0.25) is 15.0 Å². The van der Waals surface area contributed by atoms with Crippen LogP contribution in [0.4, 0.5) is 9.93 Å². The molecule has 0 saturated heterocycles. The van der Waals surface area contributed by atoms with Crippen molar-refractivity contribution >= 4 is 28.5 Å². The lowest BCUT2D eigenvalue weighted by Gasteiger charge is -2.25. The van der Waals surface area contributed by atoms with Gasteiger partial charge in [-0.2, -0.15) is 0 Å². The van der Waals surface area contributed by atoms with Crippen LogP contribution in [0.5, 0.6) is 0 Å². The van der Waals surface area contributed by atoms with Crippen LogP contribution in [0.15, 0.2) is 0 Å². The van der Waals surface area contributed by atoms with E-state index in [0.29, 0.717) is 30.9 Å². The molecule has 0 unspecified atom stereocenters. The first-order chi connectivity index (χ1) is 11.6. The van der Waals surface area contributed by atoms with Gasteiger partial charge in [0.05, 0.1) is 18.8 Å². The number of anilines is 1. The zero-order valence-electron chi connectivity index (χ0n) is 14.0. The summed E-state index contributed by atoms with van der Waals surface area (Å²) in [4.78, 5) is 31.3. The van der Waals surface area contributed by atoms with Crippen molar-refractivity contribution in [1.82, 2.24) is 15.2 Å². The quantitative estimate of drug-likeness (QED) is 0.848. The number of carbonyl (C=O) groups is 2. The fourth-order valence-corrected chi connectivity index (χ4v) is 4.27. The Morgan fingerprint density at radius 1 is 1.38 bits per heavy atom. The molecule has 0 bridgehead atoms. The molecule has 7 nitrogen and oxygen atoms in total. The highest BCUT2D eigenvalue weighted by Crippen LogP contribution is 2.28. The second kappa shape index (κ2) is 7.94. The van der Waals surface area contributed by atoms with Gasteiger partial charge in [0.2, 0.25) is 5.91 Å². The lowest BCUT2D eigenvalue weighted by molar-refractivity contribution is -0.123. The van der Waals surface area contributed by atoms with Crippen molar-refractivity contribution in [3.63, 3.8) is 0 Å². The average Bonchev–Trinajstić information content (AvgIpc) is 3.15. The van der Waals surface area contributed by atoms with Gasteiger partial charge >= 0.3 is 6.09 Å². The molecule has 0 atom stereocenters. The monoisotopic (exact) mass is 352 g/mol. The molecule has 0 spiro atoms. The molecular formula is C16H24N4O3S. The maximum Gasteiger partial charge on any atom is 0.413 e. The van der Waals surface area contributed by atoms with Gasteiger partial charge in [0.15, 0.2) is 5.13 Å². The van der Waals surface area contributed by atoms with Crippen molar-refractivity contribution in [1.29, 1.82) is 0 Å². The summed E-state index contributed by atoms with van der Waals surface area (Å²) in [5.41, 5.74) is 1.01. The molecule has 3 rings (SSSR count). The summed E-state index contributed by atoms with van der Waals surface area (Å²) >= 11 is 1.46. The number of fused-ring (bicyclic) bond motifs is 1. The van der Waals surface area contributed by atoms with Crippen LogP contribution in [0.1, 0.15) is 43.2 Å². The fourth-order valence-electron chi connectivity index (χ4n) is 3.24. The first kappa shape index (κ1) is 17.2. The van der Waals surface area contributed by atoms with E-state index in [1.807, 2.05) is 0 Å². The number of hydrogen-bond donors (Lipinski definition) is 2. The Labute approximate surface area is 145 Å². The van der Waals surface area contributed by atoms with E-state index in [9.17, 15) is 9.59 Å². The molecule has 2 N–H and O–H groups in total. The number of ether oxygens (including phenoxy) is 1. The van der Waals surface area contributed by atoms with Crippen molar-refractivity contribution in [3.8, 4) is 0 Å². The third kappa shape index (κ3) is 4.45. The topological polar surface area (TPSA) is 83.6 Å². The third-order valence-corrected chi connectivity index (χ3v) is 5.38. The van der Waals surface area contributed by atoms with Crippen molar-refractivity contribution in [2.45, 2.75) is 51.6 Å². The molecule has 1 saturated carbocycles. The van der Waals surface area contributed by atoms with Gasteiger partial charge in [-0.25, -0.2) is 9.78 Å². The smallest absolute Gasteiger partial charge is 0.413 e. The molecule has 1 aromatic heterocycles. The number of rotatable bonds is 5. The normalized spacial score (nSPS) is 18.2. The van der Waals surface area contributed by atoms with Gasteiger partial charge < -0.3 is 10.1 Å². The van der Waals surface area contributed by atoms with Crippen molar-refractivity contribution in [3.05, 3.63) is 10.6 Å². The zero-order chi connectivity index (χ0) is 16.9. The van der Waals surface area contributed by atoms with Crippen LogP contribution < -0.4 is 10.6 Å². The molecule has 0 aromatic carbocycles. The Hall–Kier alpha value is -1.67. The lowest BCUT2D eigenvalue weighted by atomic mass is 10.2. The summed E-state index contributed by atoms with van der Waals surface area (Å²) in [6.07, 6.45) is 4.97. The second-order valence-electron chi connectivity index (χ2n) is 6.24. The molecular weight excluding hydrogens is 328 g/mol. The number of nitrogens with one attached hydrogen (secondary N) is 2. The Morgan fingerprint density at radius 2 is 2.17 bits per heavy atom. The van der Waals surface area contributed by atoms with Gasteiger partial charge in [-0.05, 0) is 19.8 Å². The molecule has 2 amide bonds. The summed E-state index contributed by atoms with van der Waals surface area (Å²) < 4.78 is 4.87. The predicted molar refractivity (Wildman–Crippen MR) is 92.1 cm³/mol. The number of aromatic nitrogens is 1. The Kier molecular flexibility index (Phi) is 5.68. The van der Waals surface area contributed by atoms with E-state index < -0.39 is 6.09 Å². The van der Waals surface area contributed by atoms with Crippen molar-refractivity contribution in [2.75, 3.05) is 25.0 Å². The molecule has 0 radical (unpaired) electrons.